The first-order valence-corrected chi connectivity index (χ1v) is 5.10. The Kier molecular flexibility index (Phi) is 1.73. The number of nitrogens with two attached hydrogens (primary N) is 2. The van der Waals surface area contributed by atoms with Crippen LogP contribution in [0.3, 0.4) is 0 Å². The van der Waals surface area contributed by atoms with Crippen LogP contribution in [0.15, 0.2) is 29.4 Å². The van der Waals surface area contributed by atoms with Crippen molar-refractivity contribution in [3.8, 4) is 0 Å². The largest absolute Gasteiger partial charge is 0.385 e. The Bertz CT molecular complexity index is 682. The number of fused-ring (bicyclic) bond motifs is 3. The molecule has 0 spiro atoms. The molecule has 82 valence electrons. The number of benzene rings is 1. The van der Waals surface area contributed by atoms with Gasteiger partial charge < -0.3 is 15.6 Å². The zero-order valence-corrected chi connectivity index (χ0v) is 8.94. The van der Waals surface area contributed by atoms with Crippen molar-refractivity contribution < 1.29 is 0 Å². The summed E-state index contributed by atoms with van der Waals surface area (Å²) in [4.78, 5) is 4.39. The number of hydrogen-bond acceptors (Lipinski definition) is 4. The van der Waals surface area contributed by atoms with Gasteiger partial charge in [-0.2, -0.15) is 0 Å². The van der Waals surface area contributed by atoms with Gasteiger partial charge in [0.25, 0.3) is 0 Å². The van der Waals surface area contributed by atoms with Gasteiger partial charge in [0.15, 0.2) is 6.29 Å². The Labute approximate surface area is 92.1 Å². The zero-order valence-electron chi connectivity index (χ0n) is 8.94. The molecule has 1 aromatic heterocycles. The lowest BCUT2D eigenvalue weighted by molar-refractivity contribution is 0.617. The van der Waals surface area contributed by atoms with E-state index in [2.05, 4.69) is 14.9 Å². The summed E-state index contributed by atoms with van der Waals surface area (Å²) in [5.74, 6) is 0.586. The molecule has 1 aliphatic rings. The second-order valence-electron chi connectivity index (χ2n) is 3.95. The van der Waals surface area contributed by atoms with Gasteiger partial charge in [-0.15, -0.1) is 0 Å². The summed E-state index contributed by atoms with van der Waals surface area (Å²) >= 11 is 0. The number of aryl methyl sites for hydroxylation is 1. The van der Waals surface area contributed by atoms with Crippen LogP contribution in [0.2, 0.25) is 0 Å². The van der Waals surface area contributed by atoms with E-state index in [0.29, 0.717) is 5.82 Å². The number of hydrogen-bond donors (Lipinski definition) is 3. The summed E-state index contributed by atoms with van der Waals surface area (Å²) in [5, 5.41) is 5.78. The molecule has 0 saturated heterocycles. The van der Waals surface area contributed by atoms with Crippen LogP contribution >= 0.6 is 0 Å². The van der Waals surface area contributed by atoms with E-state index in [-0.39, 0.29) is 0 Å². The Balaban J connectivity index is 2.57. The maximum absolute atomic E-state index is 5.89. The summed E-state index contributed by atoms with van der Waals surface area (Å²) < 4.78 is 2.05. The monoisotopic (exact) mass is 215 g/mol. The van der Waals surface area contributed by atoms with E-state index in [1.165, 1.54) is 0 Å². The van der Waals surface area contributed by atoms with Gasteiger partial charge in [0, 0.05) is 29.4 Å². The second kappa shape index (κ2) is 2.99. The Morgan fingerprint density at radius 2 is 2.19 bits per heavy atom. The van der Waals surface area contributed by atoms with Crippen molar-refractivity contribution in [1.82, 2.24) is 9.88 Å². The molecule has 0 amide bonds. The van der Waals surface area contributed by atoms with Crippen LogP contribution in [0.25, 0.3) is 16.7 Å². The summed E-state index contributed by atoms with van der Waals surface area (Å²) in [5.41, 5.74) is 12.8. The van der Waals surface area contributed by atoms with Crippen molar-refractivity contribution in [2.75, 3.05) is 0 Å². The standard InChI is InChI=1S/C11H13N5/c1-16-5-4-6-8(16)3-2-7-9(6)14-11(13)15-10(7)12/h2-5,11,15H,12-13H2,1H3. The second-order valence-corrected chi connectivity index (χ2v) is 3.95. The van der Waals surface area contributed by atoms with Crippen molar-refractivity contribution in [3.05, 3.63) is 35.0 Å². The molecule has 0 aliphatic carbocycles. The quantitative estimate of drug-likeness (QED) is 0.509. The van der Waals surface area contributed by atoms with Gasteiger partial charge in [0.05, 0.1) is 5.36 Å². The molecule has 0 radical (unpaired) electrons. The Morgan fingerprint density at radius 1 is 1.38 bits per heavy atom. The molecule has 1 aliphatic heterocycles. The van der Waals surface area contributed by atoms with Gasteiger partial charge in [0.1, 0.15) is 5.82 Å². The Hall–Kier alpha value is -2.01. The van der Waals surface area contributed by atoms with Crippen LogP contribution in [0, 0.1) is 0 Å². The SMILES string of the molecule is Cn1ccc2c3c(ccc21)=C(N)NC(N)N=3. The average molecular weight is 215 g/mol. The van der Waals surface area contributed by atoms with Crippen LogP contribution in [0.5, 0.6) is 0 Å². The maximum atomic E-state index is 5.89. The van der Waals surface area contributed by atoms with Crippen molar-refractivity contribution in [2.45, 2.75) is 6.29 Å². The number of aromatic nitrogens is 1. The molecule has 1 atom stereocenters. The lowest BCUT2D eigenvalue weighted by Gasteiger charge is -2.15. The first kappa shape index (κ1) is 9.23. The average Bonchev–Trinajstić information content (AvgIpc) is 2.60. The molecule has 5 nitrogen and oxygen atoms in total. The molecule has 5 N–H and O–H groups in total. The van der Waals surface area contributed by atoms with E-state index in [1.54, 1.807) is 0 Å². The predicted molar refractivity (Wildman–Crippen MR) is 62.4 cm³/mol. The zero-order chi connectivity index (χ0) is 11.3. The van der Waals surface area contributed by atoms with E-state index < -0.39 is 6.29 Å². The van der Waals surface area contributed by atoms with Crippen molar-refractivity contribution in [2.24, 2.45) is 23.5 Å². The summed E-state index contributed by atoms with van der Waals surface area (Å²) in [7, 11) is 2.00. The predicted octanol–water partition coefficient (Wildman–Crippen LogP) is -1.33. The first-order valence-electron chi connectivity index (χ1n) is 5.10. The topological polar surface area (TPSA) is 81.4 Å². The third kappa shape index (κ3) is 1.12. The molecule has 5 heteroatoms. The lowest BCUT2D eigenvalue weighted by Crippen LogP contribution is -2.49. The molecule has 0 bridgehead atoms. The fourth-order valence-corrected chi connectivity index (χ4v) is 2.10. The molecule has 0 fully saturated rings. The molecule has 2 aromatic rings. The fraction of sp³-hybridized carbons (Fsp3) is 0.182. The summed E-state index contributed by atoms with van der Waals surface area (Å²) in [6.07, 6.45) is 1.54. The molecule has 3 rings (SSSR count). The molecular formula is C11H13N5. The molecule has 1 unspecified atom stereocenters. The van der Waals surface area contributed by atoms with Gasteiger partial charge in [-0.25, -0.2) is 4.99 Å². The summed E-state index contributed by atoms with van der Waals surface area (Å²) in [6.45, 7) is 0. The van der Waals surface area contributed by atoms with Gasteiger partial charge in [-0.3, -0.25) is 5.73 Å². The number of nitrogens with zero attached hydrogens (tertiary/aromatic N) is 2. The number of rotatable bonds is 0. The van der Waals surface area contributed by atoms with Gasteiger partial charge >= 0.3 is 0 Å². The van der Waals surface area contributed by atoms with Crippen LogP contribution in [-0.2, 0) is 7.05 Å². The molecular weight excluding hydrogens is 202 g/mol. The van der Waals surface area contributed by atoms with E-state index in [4.69, 9.17) is 11.5 Å². The minimum absolute atomic E-state index is 0.460. The van der Waals surface area contributed by atoms with E-state index in [9.17, 15) is 0 Å². The van der Waals surface area contributed by atoms with Crippen molar-refractivity contribution in [1.29, 1.82) is 0 Å². The van der Waals surface area contributed by atoms with E-state index >= 15 is 0 Å². The third-order valence-electron chi connectivity index (χ3n) is 2.90. The third-order valence-corrected chi connectivity index (χ3v) is 2.90. The highest BCUT2D eigenvalue weighted by atomic mass is 15.2. The van der Waals surface area contributed by atoms with Crippen LogP contribution < -0.4 is 27.4 Å². The highest BCUT2D eigenvalue weighted by Gasteiger charge is 2.10. The van der Waals surface area contributed by atoms with Gasteiger partial charge in [-0.1, -0.05) is 0 Å². The highest BCUT2D eigenvalue weighted by molar-refractivity contribution is 5.80. The van der Waals surface area contributed by atoms with Crippen LogP contribution in [-0.4, -0.2) is 10.9 Å². The van der Waals surface area contributed by atoms with Gasteiger partial charge in [-0.05, 0) is 18.2 Å². The highest BCUT2D eigenvalue weighted by Crippen LogP contribution is 2.08. The number of nitrogens with one attached hydrogen (secondary N) is 1. The smallest absolute Gasteiger partial charge is 0.173 e. The normalized spacial score (nSPS) is 19.1. The molecule has 16 heavy (non-hydrogen) atoms. The maximum Gasteiger partial charge on any atom is 0.173 e. The van der Waals surface area contributed by atoms with Crippen molar-refractivity contribution in [3.63, 3.8) is 0 Å². The van der Waals surface area contributed by atoms with E-state index in [0.717, 1.165) is 21.5 Å². The minimum atomic E-state index is -0.460. The minimum Gasteiger partial charge on any atom is -0.385 e. The van der Waals surface area contributed by atoms with E-state index in [1.807, 2.05) is 31.4 Å². The molecule has 1 aromatic carbocycles. The van der Waals surface area contributed by atoms with Crippen LogP contribution in [0.4, 0.5) is 0 Å². The Morgan fingerprint density at radius 3 is 3.00 bits per heavy atom. The summed E-state index contributed by atoms with van der Waals surface area (Å²) in [6, 6.07) is 6.04. The van der Waals surface area contributed by atoms with Crippen LogP contribution in [0.1, 0.15) is 0 Å². The first-order chi connectivity index (χ1) is 7.66. The molecule has 0 saturated carbocycles. The van der Waals surface area contributed by atoms with Gasteiger partial charge in [0.2, 0.25) is 0 Å². The molecule has 2 heterocycles. The van der Waals surface area contributed by atoms with Crippen molar-refractivity contribution >= 4 is 16.7 Å². The fourth-order valence-electron chi connectivity index (χ4n) is 2.10. The lowest BCUT2D eigenvalue weighted by atomic mass is 10.2.